The minimum atomic E-state index is -4.34. The maximum Gasteiger partial charge on any atom is 0.416 e. The lowest BCUT2D eigenvalue weighted by molar-refractivity contribution is -0.138. The average Bonchev–Trinajstić information content (AvgIpc) is 3.03. The molecule has 1 aliphatic carbocycles. The molecule has 0 bridgehead atoms. The lowest BCUT2D eigenvalue weighted by Gasteiger charge is -2.38. The second kappa shape index (κ2) is 5.15. The van der Waals surface area contributed by atoms with E-state index < -0.39 is 11.7 Å². The Kier molecular flexibility index (Phi) is 3.22. The molecule has 4 rings (SSSR count). The molecule has 2 aromatic rings. The molecule has 0 amide bonds. The summed E-state index contributed by atoms with van der Waals surface area (Å²) in [7, 11) is 0. The smallest absolute Gasteiger partial charge is 0.378 e. The summed E-state index contributed by atoms with van der Waals surface area (Å²) in [5.74, 6) is 0.298. The highest BCUT2D eigenvalue weighted by Gasteiger charge is 2.42. The standard InChI is InChI=1S/C19H16F3N/c20-19(21,22)16-10-3-1-7-15(16)18-14-9-5-8-12(14)13-6-2-4-11-17(13)23-18/h1-8,10-12,14,18,23H,9H2/t12-,14+,18-/m1/s1. The van der Waals surface area contributed by atoms with Crippen LogP contribution in [-0.4, -0.2) is 0 Å². The molecule has 4 heteroatoms. The van der Waals surface area contributed by atoms with Crippen LogP contribution < -0.4 is 5.32 Å². The van der Waals surface area contributed by atoms with Gasteiger partial charge in [0.2, 0.25) is 0 Å². The molecule has 0 saturated heterocycles. The lowest BCUT2D eigenvalue weighted by atomic mass is 9.76. The highest BCUT2D eigenvalue weighted by molar-refractivity contribution is 5.60. The van der Waals surface area contributed by atoms with Gasteiger partial charge in [0.15, 0.2) is 0 Å². The Balaban J connectivity index is 1.83. The van der Waals surface area contributed by atoms with Crippen molar-refractivity contribution in [3.63, 3.8) is 0 Å². The molecule has 0 unspecified atom stereocenters. The number of para-hydroxylation sites is 1. The van der Waals surface area contributed by atoms with Crippen LogP contribution in [0.4, 0.5) is 18.9 Å². The Morgan fingerprint density at radius 2 is 1.61 bits per heavy atom. The average molecular weight is 315 g/mol. The van der Waals surface area contributed by atoms with Crippen LogP contribution >= 0.6 is 0 Å². The fraction of sp³-hybridized carbons (Fsp3) is 0.263. The zero-order valence-corrected chi connectivity index (χ0v) is 12.3. The first-order valence-corrected chi connectivity index (χ1v) is 7.74. The Hall–Kier alpha value is -2.23. The summed E-state index contributed by atoms with van der Waals surface area (Å²) in [5.41, 5.74) is 1.91. The summed E-state index contributed by atoms with van der Waals surface area (Å²) < 4.78 is 40.2. The number of anilines is 1. The maximum atomic E-state index is 13.4. The van der Waals surface area contributed by atoms with Gasteiger partial charge in [-0.3, -0.25) is 0 Å². The van der Waals surface area contributed by atoms with Crippen LogP contribution in [0.15, 0.2) is 60.7 Å². The number of nitrogens with one attached hydrogen (secondary N) is 1. The van der Waals surface area contributed by atoms with Crippen molar-refractivity contribution in [3.8, 4) is 0 Å². The van der Waals surface area contributed by atoms with Gasteiger partial charge in [-0.25, -0.2) is 0 Å². The fourth-order valence-electron chi connectivity index (χ4n) is 3.88. The second-order valence-corrected chi connectivity index (χ2v) is 6.15. The van der Waals surface area contributed by atoms with Crippen LogP contribution in [0, 0.1) is 5.92 Å². The van der Waals surface area contributed by atoms with Crippen molar-refractivity contribution < 1.29 is 13.2 Å². The number of benzene rings is 2. The predicted octanol–water partition coefficient (Wildman–Crippen LogP) is 5.53. The molecule has 2 aliphatic rings. The third-order valence-electron chi connectivity index (χ3n) is 4.87. The first-order chi connectivity index (χ1) is 11.1. The quantitative estimate of drug-likeness (QED) is 0.682. The zero-order valence-electron chi connectivity index (χ0n) is 12.3. The largest absolute Gasteiger partial charge is 0.416 e. The third-order valence-corrected chi connectivity index (χ3v) is 4.87. The van der Waals surface area contributed by atoms with E-state index in [9.17, 15) is 13.2 Å². The van der Waals surface area contributed by atoms with E-state index in [0.29, 0.717) is 5.56 Å². The molecule has 118 valence electrons. The van der Waals surface area contributed by atoms with Gasteiger partial charge >= 0.3 is 6.18 Å². The molecule has 0 fully saturated rings. The second-order valence-electron chi connectivity index (χ2n) is 6.15. The van der Waals surface area contributed by atoms with E-state index in [4.69, 9.17) is 0 Å². The molecule has 0 spiro atoms. The summed E-state index contributed by atoms with van der Waals surface area (Å²) >= 11 is 0. The zero-order chi connectivity index (χ0) is 16.0. The number of halogens is 3. The Morgan fingerprint density at radius 1 is 0.913 bits per heavy atom. The summed E-state index contributed by atoms with van der Waals surface area (Å²) in [6.07, 6.45) is 0.676. The highest BCUT2D eigenvalue weighted by Crippen LogP contribution is 2.51. The van der Waals surface area contributed by atoms with Crippen molar-refractivity contribution in [2.45, 2.75) is 24.6 Å². The van der Waals surface area contributed by atoms with Gasteiger partial charge in [0.25, 0.3) is 0 Å². The normalized spacial score (nSPS) is 25.6. The van der Waals surface area contributed by atoms with Gasteiger partial charge < -0.3 is 5.32 Å². The van der Waals surface area contributed by atoms with Gasteiger partial charge in [0.05, 0.1) is 11.6 Å². The Morgan fingerprint density at radius 3 is 2.39 bits per heavy atom. The van der Waals surface area contributed by atoms with Crippen LogP contribution in [0.2, 0.25) is 0 Å². The summed E-state index contributed by atoms with van der Waals surface area (Å²) in [6.45, 7) is 0. The number of rotatable bonds is 1. The highest BCUT2D eigenvalue weighted by atomic mass is 19.4. The van der Waals surface area contributed by atoms with E-state index in [1.807, 2.05) is 18.2 Å². The van der Waals surface area contributed by atoms with Crippen molar-refractivity contribution >= 4 is 5.69 Å². The third kappa shape index (κ3) is 2.33. The molecular weight excluding hydrogens is 299 g/mol. The maximum absolute atomic E-state index is 13.4. The van der Waals surface area contributed by atoms with Gasteiger partial charge in [-0.15, -0.1) is 0 Å². The van der Waals surface area contributed by atoms with Crippen molar-refractivity contribution in [1.29, 1.82) is 0 Å². The van der Waals surface area contributed by atoms with Crippen LogP contribution in [-0.2, 0) is 6.18 Å². The van der Waals surface area contributed by atoms with E-state index in [0.717, 1.165) is 12.1 Å². The number of alkyl halides is 3. The predicted molar refractivity (Wildman–Crippen MR) is 84.2 cm³/mol. The molecule has 0 radical (unpaired) electrons. The molecule has 1 aliphatic heterocycles. The van der Waals surface area contributed by atoms with Gasteiger partial charge in [0.1, 0.15) is 0 Å². The Bertz CT molecular complexity index is 763. The number of fused-ring (bicyclic) bond motifs is 3. The van der Waals surface area contributed by atoms with E-state index in [1.54, 1.807) is 12.1 Å². The van der Waals surface area contributed by atoms with Crippen molar-refractivity contribution in [1.82, 2.24) is 0 Å². The molecule has 1 nitrogen and oxygen atoms in total. The van der Waals surface area contributed by atoms with Crippen molar-refractivity contribution in [3.05, 3.63) is 77.4 Å². The molecule has 1 N–H and O–H groups in total. The van der Waals surface area contributed by atoms with Crippen LogP contribution in [0.1, 0.15) is 35.1 Å². The van der Waals surface area contributed by atoms with Crippen LogP contribution in [0.5, 0.6) is 0 Å². The van der Waals surface area contributed by atoms with Gasteiger partial charge in [-0.2, -0.15) is 13.2 Å². The summed E-state index contributed by atoms with van der Waals surface area (Å²) in [6, 6.07) is 13.5. The van der Waals surface area contributed by atoms with Crippen LogP contribution in [0.3, 0.4) is 0 Å². The molecule has 23 heavy (non-hydrogen) atoms. The first-order valence-electron chi connectivity index (χ1n) is 7.74. The number of hydrogen-bond donors (Lipinski definition) is 1. The number of hydrogen-bond acceptors (Lipinski definition) is 1. The van der Waals surface area contributed by atoms with E-state index in [-0.39, 0.29) is 17.9 Å². The molecule has 0 saturated carbocycles. The minimum Gasteiger partial charge on any atom is -0.378 e. The van der Waals surface area contributed by atoms with Gasteiger partial charge in [0, 0.05) is 11.6 Å². The summed E-state index contributed by atoms with van der Waals surface area (Å²) in [5, 5.41) is 3.36. The summed E-state index contributed by atoms with van der Waals surface area (Å²) in [4.78, 5) is 0. The monoisotopic (exact) mass is 315 g/mol. The SMILES string of the molecule is FC(F)(F)c1ccccc1[C@@H]1Nc2ccccc2[C@H]2C=CC[C@@H]21. The molecule has 3 atom stereocenters. The molecular formula is C19H16F3N. The van der Waals surface area contributed by atoms with Gasteiger partial charge in [-0.05, 0) is 35.6 Å². The van der Waals surface area contributed by atoms with E-state index >= 15 is 0 Å². The topological polar surface area (TPSA) is 12.0 Å². The fourth-order valence-corrected chi connectivity index (χ4v) is 3.88. The van der Waals surface area contributed by atoms with Crippen molar-refractivity contribution in [2.24, 2.45) is 5.92 Å². The molecule has 1 heterocycles. The minimum absolute atomic E-state index is 0.119. The number of allylic oxidation sites excluding steroid dienone is 2. The molecule has 2 aromatic carbocycles. The van der Waals surface area contributed by atoms with Crippen molar-refractivity contribution in [2.75, 3.05) is 5.32 Å². The van der Waals surface area contributed by atoms with E-state index in [2.05, 4.69) is 23.5 Å². The van der Waals surface area contributed by atoms with E-state index in [1.165, 1.54) is 17.7 Å². The molecule has 0 aromatic heterocycles. The Labute approximate surface area is 132 Å². The first kappa shape index (κ1) is 14.4. The van der Waals surface area contributed by atoms with Gasteiger partial charge in [-0.1, -0.05) is 48.6 Å². The van der Waals surface area contributed by atoms with Crippen LogP contribution in [0.25, 0.3) is 0 Å². The lowest BCUT2D eigenvalue weighted by Crippen LogP contribution is -2.30.